The van der Waals surface area contributed by atoms with Crippen molar-refractivity contribution in [1.82, 2.24) is 10.6 Å². The normalized spacial score (nSPS) is 18.9. The molecule has 0 atom stereocenters. The third-order valence-electron chi connectivity index (χ3n) is 4.62. The van der Waals surface area contributed by atoms with Gasteiger partial charge in [-0.1, -0.05) is 18.2 Å². The summed E-state index contributed by atoms with van der Waals surface area (Å²) in [5.41, 5.74) is 0.666. The van der Waals surface area contributed by atoms with E-state index in [0.29, 0.717) is 5.56 Å². The van der Waals surface area contributed by atoms with Crippen LogP contribution in [0.4, 0.5) is 0 Å². The lowest BCUT2D eigenvalue weighted by atomic mass is 9.79. The fourth-order valence-corrected chi connectivity index (χ4v) is 3.99. The third-order valence-corrected chi connectivity index (χ3v) is 4.62. The Morgan fingerprint density at radius 3 is 2.04 bits per heavy atom. The summed E-state index contributed by atoms with van der Waals surface area (Å²) in [5.74, 6) is 1.47. The van der Waals surface area contributed by atoms with Crippen molar-refractivity contribution in [1.29, 1.82) is 0 Å². The molecular formula is C22H28N2O2. The molecular weight excluding hydrogens is 324 g/mol. The number of benzene rings is 2. The standard InChI is InChI=1S/C22H28N2O2/c1-21(2)14-17(15-22(3,4)24-21)23-20(25)16-10-12-19(13-11-16)26-18-8-6-5-7-9-18/h5-13,17,24H,14-15H2,1-4H3,(H,23,25). The Balaban J connectivity index is 1.63. The van der Waals surface area contributed by atoms with Gasteiger partial charge in [-0.15, -0.1) is 0 Å². The van der Waals surface area contributed by atoms with Gasteiger partial charge in [0.1, 0.15) is 11.5 Å². The number of carbonyl (C=O) groups is 1. The molecule has 1 aliphatic heterocycles. The topological polar surface area (TPSA) is 50.4 Å². The van der Waals surface area contributed by atoms with Gasteiger partial charge in [-0.2, -0.15) is 0 Å². The first-order valence-electron chi connectivity index (χ1n) is 9.16. The zero-order chi connectivity index (χ0) is 18.8. The molecule has 0 saturated carbocycles. The Labute approximate surface area is 156 Å². The van der Waals surface area contributed by atoms with Crippen LogP contribution in [0.5, 0.6) is 11.5 Å². The van der Waals surface area contributed by atoms with Crippen molar-refractivity contribution in [3.63, 3.8) is 0 Å². The number of carbonyl (C=O) groups excluding carboxylic acids is 1. The first-order valence-corrected chi connectivity index (χ1v) is 9.16. The first kappa shape index (κ1) is 18.5. The zero-order valence-corrected chi connectivity index (χ0v) is 16.0. The predicted octanol–water partition coefficient (Wildman–Crippen LogP) is 4.52. The largest absolute Gasteiger partial charge is 0.457 e. The van der Waals surface area contributed by atoms with E-state index in [4.69, 9.17) is 4.74 Å². The molecule has 2 aromatic rings. The lowest BCUT2D eigenvalue weighted by Crippen LogP contribution is -2.62. The second-order valence-corrected chi connectivity index (χ2v) is 8.41. The number of ether oxygens (including phenoxy) is 1. The molecule has 1 heterocycles. The molecule has 0 unspecified atom stereocenters. The molecule has 4 nitrogen and oxygen atoms in total. The first-order chi connectivity index (χ1) is 12.2. The van der Waals surface area contributed by atoms with Gasteiger partial charge in [0.2, 0.25) is 0 Å². The number of hydrogen-bond acceptors (Lipinski definition) is 3. The van der Waals surface area contributed by atoms with Crippen molar-refractivity contribution >= 4 is 5.91 Å². The van der Waals surface area contributed by atoms with Crippen LogP contribution < -0.4 is 15.4 Å². The highest BCUT2D eigenvalue weighted by molar-refractivity contribution is 5.94. The van der Waals surface area contributed by atoms with Gasteiger partial charge in [-0.05, 0) is 76.9 Å². The van der Waals surface area contributed by atoms with E-state index in [1.54, 1.807) is 0 Å². The van der Waals surface area contributed by atoms with E-state index in [1.165, 1.54) is 0 Å². The minimum atomic E-state index is -0.0326. The van der Waals surface area contributed by atoms with Gasteiger partial charge in [-0.3, -0.25) is 4.79 Å². The fraction of sp³-hybridized carbons (Fsp3) is 0.409. The average molecular weight is 352 g/mol. The van der Waals surface area contributed by atoms with Crippen molar-refractivity contribution in [3.05, 3.63) is 60.2 Å². The van der Waals surface area contributed by atoms with E-state index in [0.717, 1.165) is 24.3 Å². The highest BCUT2D eigenvalue weighted by atomic mass is 16.5. The maximum Gasteiger partial charge on any atom is 0.251 e. The molecule has 0 bridgehead atoms. The van der Waals surface area contributed by atoms with Crippen molar-refractivity contribution < 1.29 is 9.53 Å². The van der Waals surface area contributed by atoms with Gasteiger partial charge in [0, 0.05) is 22.7 Å². The number of para-hydroxylation sites is 1. The van der Waals surface area contributed by atoms with Crippen molar-refractivity contribution in [3.8, 4) is 11.5 Å². The summed E-state index contributed by atoms with van der Waals surface area (Å²) in [5, 5.41) is 6.83. The molecule has 26 heavy (non-hydrogen) atoms. The fourth-order valence-electron chi connectivity index (χ4n) is 3.99. The van der Waals surface area contributed by atoms with Gasteiger partial charge in [0.15, 0.2) is 0 Å². The van der Waals surface area contributed by atoms with Crippen LogP contribution in [-0.2, 0) is 0 Å². The summed E-state index contributed by atoms with van der Waals surface area (Å²) < 4.78 is 5.78. The van der Waals surface area contributed by atoms with Gasteiger partial charge in [-0.25, -0.2) is 0 Å². The van der Waals surface area contributed by atoms with Crippen LogP contribution in [0.25, 0.3) is 0 Å². The molecule has 2 N–H and O–H groups in total. The molecule has 1 aliphatic rings. The highest BCUT2D eigenvalue weighted by Crippen LogP contribution is 2.29. The van der Waals surface area contributed by atoms with E-state index in [1.807, 2.05) is 54.6 Å². The molecule has 1 amide bonds. The molecule has 138 valence electrons. The van der Waals surface area contributed by atoms with Crippen LogP contribution >= 0.6 is 0 Å². The van der Waals surface area contributed by atoms with E-state index >= 15 is 0 Å². The summed E-state index contributed by atoms with van der Waals surface area (Å²) in [6.07, 6.45) is 1.83. The van der Waals surface area contributed by atoms with Gasteiger partial charge < -0.3 is 15.4 Å². The number of hydrogen-bond donors (Lipinski definition) is 2. The predicted molar refractivity (Wildman–Crippen MR) is 105 cm³/mol. The van der Waals surface area contributed by atoms with Crippen LogP contribution in [0.15, 0.2) is 54.6 Å². The van der Waals surface area contributed by atoms with Crippen LogP contribution in [0.1, 0.15) is 50.9 Å². The van der Waals surface area contributed by atoms with Crippen LogP contribution in [0.3, 0.4) is 0 Å². The highest BCUT2D eigenvalue weighted by Gasteiger charge is 2.38. The Bertz CT molecular complexity index is 735. The average Bonchev–Trinajstić information content (AvgIpc) is 2.53. The Hall–Kier alpha value is -2.33. The van der Waals surface area contributed by atoms with Gasteiger partial charge in [0.05, 0.1) is 0 Å². The van der Waals surface area contributed by atoms with E-state index in [9.17, 15) is 4.79 Å². The van der Waals surface area contributed by atoms with E-state index < -0.39 is 0 Å². The lowest BCUT2D eigenvalue weighted by Gasteiger charge is -2.46. The van der Waals surface area contributed by atoms with E-state index in [2.05, 4.69) is 38.3 Å². The van der Waals surface area contributed by atoms with Crippen LogP contribution in [0.2, 0.25) is 0 Å². The lowest BCUT2D eigenvalue weighted by molar-refractivity contribution is 0.0873. The number of nitrogens with one attached hydrogen (secondary N) is 2. The van der Waals surface area contributed by atoms with Crippen molar-refractivity contribution in [2.45, 2.75) is 57.7 Å². The molecule has 0 aromatic heterocycles. The second-order valence-electron chi connectivity index (χ2n) is 8.41. The molecule has 0 aliphatic carbocycles. The summed E-state index contributed by atoms with van der Waals surface area (Å²) in [7, 11) is 0. The number of rotatable bonds is 4. The number of amides is 1. The summed E-state index contributed by atoms with van der Waals surface area (Å²) >= 11 is 0. The minimum absolute atomic E-state index is 0.00702. The molecule has 0 radical (unpaired) electrons. The summed E-state index contributed by atoms with van der Waals surface area (Å²) in [6, 6.07) is 17.1. The molecule has 3 rings (SSSR count). The third kappa shape index (κ3) is 4.85. The smallest absolute Gasteiger partial charge is 0.251 e. The molecule has 1 saturated heterocycles. The number of piperidine rings is 1. The molecule has 0 spiro atoms. The maximum absolute atomic E-state index is 12.6. The molecule has 1 fully saturated rings. The molecule has 2 aromatic carbocycles. The summed E-state index contributed by atoms with van der Waals surface area (Å²) in [6.45, 7) is 8.73. The Morgan fingerprint density at radius 1 is 0.923 bits per heavy atom. The Kier molecular flexibility index (Phi) is 5.05. The van der Waals surface area contributed by atoms with Crippen molar-refractivity contribution in [2.75, 3.05) is 0 Å². The second kappa shape index (κ2) is 7.12. The Morgan fingerprint density at radius 2 is 1.46 bits per heavy atom. The zero-order valence-electron chi connectivity index (χ0n) is 16.0. The van der Waals surface area contributed by atoms with Crippen LogP contribution in [-0.4, -0.2) is 23.0 Å². The molecule has 4 heteroatoms. The van der Waals surface area contributed by atoms with Crippen molar-refractivity contribution in [2.24, 2.45) is 0 Å². The van der Waals surface area contributed by atoms with Crippen LogP contribution in [0, 0.1) is 0 Å². The minimum Gasteiger partial charge on any atom is -0.457 e. The maximum atomic E-state index is 12.6. The SMILES string of the molecule is CC1(C)CC(NC(=O)c2ccc(Oc3ccccc3)cc2)CC(C)(C)N1. The van der Waals surface area contributed by atoms with E-state index in [-0.39, 0.29) is 23.0 Å². The van der Waals surface area contributed by atoms with Gasteiger partial charge in [0.25, 0.3) is 5.91 Å². The summed E-state index contributed by atoms with van der Waals surface area (Å²) in [4.78, 5) is 12.6. The monoisotopic (exact) mass is 352 g/mol. The van der Waals surface area contributed by atoms with Gasteiger partial charge >= 0.3 is 0 Å². The quantitative estimate of drug-likeness (QED) is 0.851.